The molecule has 1 saturated carbocycles. The maximum Gasteiger partial charge on any atom is 0.123 e. The summed E-state index contributed by atoms with van der Waals surface area (Å²) in [7, 11) is 0. The van der Waals surface area contributed by atoms with Gasteiger partial charge >= 0.3 is 0 Å². The summed E-state index contributed by atoms with van der Waals surface area (Å²) in [6.07, 6.45) is 6.25. The minimum absolute atomic E-state index is 0.128. The molecule has 2 rings (SSSR count). The van der Waals surface area contributed by atoms with Gasteiger partial charge in [0.1, 0.15) is 5.82 Å². The fraction of sp³-hybridized carbons (Fsp3) is 0.625. The van der Waals surface area contributed by atoms with Crippen molar-refractivity contribution >= 4 is 15.9 Å². The van der Waals surface area contributed by atoms with Crippen LogP contribution in [0.15, 0.2) is 22.7 Å². The van der Waals surface area contributed by atoms with Crippen LogP contribution >= 0.6 is 15.9 Å². The Balaban J connectivity index is 2.04. The molecule has 0 bridgehead atoms. The van der Waals surface area contributed by atoms with Gasteiger partial charge in [-0.25, -0.2) is 4.39 Å². The molecule has 1 aliphatic rings. The Morgan fingerprint density at radius 1 is 1.26 bits per heavy atom. The van der Waals surface area contributed by atoms with E-state index in [0.717, 1.165) is 35.5 Å². The molecular weight excluding hydrogens is 305 g/mol. The number of rotatable bonds is 5. The quantitative estimate of drug-likeness (QED) is 0.836. The van der Waals surface area contributed by atoms with Crippen LogP contribution in [0.5, 0.6) is 0 Å². The van der Waals surface area contributed by atoms with Crippen LogP contribution in [-0.4, -0.2) is 13.1 Å². The third-order valence-corrected chi connectivity index (χ3v) is 4.99. The molecule has 0 aliphatic heterocycles. The van der Waals surface area contributed by atoms with Crippen molar-refractivity contribution in [2.45, 2.75) is 39.0 Å². The van der Waals surface area contributed by atoms with Crippen LogP contribution in [0.1, 0.15) is 38.2 Å². The molecule has 1 nitrogen and oxygen atoms in total. The smallest absolute Gasteiger partial charge is 0.123 e. The lowest BCUT2D eigenvalue weighted by molar-refractivity contribution is 0.229. The van der Waals surface area contributed by atoms with Gasteiger partial charge in [0.2, 0.25) is 0 Å². The predicted molar refractivity (Wildman–Crippen MR) is 81.8 cm³/mol. The fourth-order valence-corrected chi connectivity index (χ4v) is 3.54. The maximum absolute atomic E-state index is 13.4. The molecule has 1 fully saturated rings. The summed E-state index contributed by atoms with van der Waals surface area (Å²) in [6, 6.07) is 5.03. The van der Waals surface area contributed by atoms with E-state index < -0.39 is 0 Å². The number of hydrogen-bond donors (Lipinski definition) is 1. The highest BCUT2D eigenvalue weighted by Gasteiger charge is 2.25. The van der Waals surface area contributed by atoms with Gasteiger partial charge in [0.05, 0.1) is 0 Å². The van der Waals surface area contributed by atoms with Crippen LogP contribution in [-0.2, 0) is 6.42 Å². The molecular formula is C16H23BrFN. The van der Waals surface area contributed by atoms with Crippen LogP contribution in [0.3, 0.4) is 0 Å². The Hall–Kier alpha value is -0.410. The first-order chi connectivity index (χ1) is 9.20. The molecule has 2 atom stereocenters. The van der Waals surface area contributed by atoms with E-state index in [1.807, 2.05) is 6.07 Å². The van der Waals surface area contributed by atoms with Crippen LogP contribution in [0.2, 0.25) is 0 Å². The average molecular weight is 328 g/mol. The minimum atomic E-state index is -0.128. The molecule has 1 aromatic rings. The van der Waals surface area contributed by atoms with Gasteiger partial charge < -0.3 is 5.32 Å². The lowest BCUT2D eigenvalue weighted by Crippen LogP contribution is -2.31. The molecule has 1 N–H and O–H groups in total. The van der Waals surface area contributed by atoms with Gasteiger partial charge in [0, 0.05) is 4.47 Å². The first-order valence-corrected chi connectivity index (χ1v) is 8.14. The van der Waals surface area contributed by atoms with E-state index in [0.29, 0.717) is 5.92 Å². The molecule has 0 amide bonds. The SMILES string of the molecule is CCNCC1CCCCC1Cc1cc(F)ccc1Br. The molecule has 0 radical (unpaired) electrons. The van der Waals surface area contributed by atoms with Crippen molar-refractivity contribution < 1.29 is 4.39 Å². The Morgan fingerprint density at radius 3 is 2.74 bits per heavy atom. The van der Waals surface area contributed by atoms with E-state index in [1.54, 1.807) is 6.07 Å². The monoisotopic (exact) mass is 327 g/mol. The molecule has 3 heteroatoms. The number of hydrogen-bond acceptors (Lipinski definition) is 1. The molecule has 2 unspecified atom stereocenters. The van der Waals surface area contributed by atoms with E-state index in [1.165, 1.54) is 31.7 Å². The van der Waals surface area contributed by atoms with Gasteiger partial charge in [0.15, 0.2) is 0 Å². The first kappa shape index (κ1) is 15.0. The second-order valence-corrected chi connectivity index (χ2v) is 6.41. The van der Waals surface area contributed by atoms with Crippen molar-refractivity contribution in [1.82, 2.24) is 5.32 Å². The zero-order valence-electron chi connectivity index (χ0n) is 11.6. The highest BCUT2D eigenvalue weighted by molar-refractivity contribution is 9.10. The molecule has 106 valence electrons. The lowest BCUT2D eigenvalue weighted by atomic mass is 9.76. The summed E-state index contributed by atoms with van der Waals surface area (Å²) in [5.41, 5.74) is 1.12. The van der Waals surface area contributed by atoms with Gasteiger partial charge in [-0.1, -0.05) is 35.7 Å². The number of nitrogens with one attached hydrogen (secondary N) is 1. The maximum atomic E-state index is 13.4. The average Bonchev–Trinajstić information content (AvgIpc) is 2.42. The van der Waals surface area contributed by atoms with Gasteiger partial charge in [-0.05, 0) is 68.0 Å². The Bertz CT molecular complexity index is 408. The van der Waals surface area contributed by atoms with E-state index in [-0.39, 0.29) is 5.82 Å². The van der Waals surface area contributed by atoms with Crippen molar-refractivity contribution in [3.05, 3.63) is 34.1 Å². The third-order valence-electron chi connectivity index (χ3n) is 4.21. The van der Waals surface area contributed by atoms with Crippen LogP contribution in [0.4, 0.5) is 4.39 Å². The predicted octanol–water partition coefficient (Wildman–Crippen LogP) is 4.55. The second kappa shape index (κ2) is 7.39. The molecule has 0 spiro atoms. The van der Waals surface area contributed by atoms with Gasteiger partial charge in [-0.2, -0.15) is 0 Å². The summed E-state index contributed by atoms with van der Waals surface area (Å²) >= 11 is 3.55. The van der Waals surface area contributed by atoms with E-state index in [9.17, 15) is 4.39 Å². The summed E-state index contributed by atoms with van der Waals surface area (Å²) in [5.74, 6) is 1.30. The van der Waals surface area contributed by atoms with E-state index in [4.69, 9.17) is 0 Å². The third kappa shape index (κ3) is 4.28. The van der Waals surface area contributed by atoms with Crippen molar-refractivity contribution in [3.8, 4) is 0 Å². The summed E-state index contributed by atoms with van der Waals surface area (Å²) in [6.45, 7) is 4.29. The fourth-order valence-electron chi connectivity index (χ4n) is 3.13. The summed E-state index contributed by atoms with van der Waals surface area (Å²) in [5, 5.41) is 3.47. The molecule has 0 aromatic heterocycles. The summed E-state index contributed by atoms with van der Waals surface area (Å²) in [4.78, 5) is 0. The normalized spacial score (nSPS) is 23.5. The van der Waals surface area contributed by atoms with Crippen molar-refractivity contribution in [2.75, 3.05) is 13.1 Å². The van der Waals surface area contributed by atoms with Gasteiger partial charge in [-0.15, -0.1) is 0 Å². The number of benzene rings is 1. The molecule has 0 saturated heterocycles. The van der Waals surface area contributed by atoms with Crippen LogP contribution < -0.4 is 5.32 Å². The zero-order chi connectivity index (χ0) is 13.7. The van der Waals surface area contributed by atoms with E-state index in [2.05, 4.69) is 28.2 Å². The minimum Gasteiger partial charge on any atom is -0.317 e. The second-order valence-electron chi connectivity index (χ2n) is 5.55. The molecule has 1 aromatic carbocycles. The first-order valence-electron chi connectivity index (χ1n) is 7.35. The number of halogens is 2. The Kier molecular flexibility index (Phi) is 5.83. The highest BCUT2D eigenvalue weighted by atomic mass is 79.9. The standard InChI is InChI=1S/C16H23BrFN/c1-2-19-11-13-6-4-3-5-12(13)9-14-10-15(18)7-8-16(14)17/h7-8,10,12-13,19H,2-6,9,11H2,1H3. The van der Waals surface area contributed by atoms with Crippen LogP contribution in [0.25, 0.3) is 0 Å². The highest BCUT2D eigenvalue weighted by Crippen LogP contribution is 2.34. The van der Waals surface area contributed by atoms with Crippen molar-refractivity contribution in [1.29, 1.82) is 0 Å². The zero-order valence-corrected chi connectivity index (χ0v) is 13.2. The Morgan fingerprint density at radius 2 is 2.00 bits per heavy atom. The van der Waals surface area contributed by atoms with Gasteiger partial charge in [0.25, 0.3) is 0 Å². The van der Waals surface area contributed by atoms with Crippen LogP contribution in [0, 0.1) is 17.7 Å². The van der Waals surface area contributed by atoms with Crippen molar-refractivity contribution in [3.63, 3.8) is 0 Å². The molecule has 19 heavy (non-hydrogen) atoms. The molecule has 1 aliphatic carbocycles. The lowest BCUT2D eigenvalue weighted by Gasteiger charge is -2.32. The van der Waals surface area contributed by atoms with E-state index >= 15 is 0 Å². The summed E-state index contributed by atoms with van der Waals surface area (Å²) < 4.78 is 14.4. The van der Waals surface area contributed by atoms with Crippen molar-refractivity contribution in [2.24, 2.45) is 11.8 Å². The van der Waals surface area contributed by atoms with Gasteiger partial charge in [-0.3, -0.25) is 0 Å². The molecule has 0 heterocycles. The largest absolute Gasteiger partial charge is 0.317 e. The topological polar surface area (TPSA) is 12.0 Å². The Labute approximate surface area is 124 Å².